The Kier molecular flexibility index (Phi) is 5.03. The molecule has 1 aromatic heterocycles. The predicted molar refractivity (Wildman–Crippen MR) is 108 cm³/mol. The number of oxazole rings is 1. The van der Waals surface area contributed by atoms with Crippen molar-refractivity contribution in [3.8, 4) is 0 Å². The minimum atomic E-state index is -0.736. The maximum Gasteiger partial charge on any atom is 0.420 e. The van der Waals surface area contributed by atoms with Gasteiger partial charge in [-0.2, -0.15) is 0 Å². The number of para-hydroxylation sites is 2. The third kappa shape index (κ3) is 3.84. The van der Waals surface area contributed by atoms with E-state index in [0.717, 1.165) is 36.2 Å². The van der Waals surface area contributed by atoms with Gasteiger partial charge in [-0.3, -0.25) is 19.5 Å². The number of rotatable bonds is 5. The van der Waals surface area contributed by atoms with E-state index in [0.29, 0.717) is 11.2 Å². The quantitative estimate of drug-likeness (QED) is 0.524. The minimum Gasteiger partial charge on any atom is -0.407 e. The van der Waals surface area contributed by atoms with E-state index in [1.54, 1.807) is 0 Å². The Morgan fingerprint density at radius 1 is 1.14 bits per heavy atom. The molecule has 150 valence electrons. The summed E-state index contributed by atoms with van der Waals surface area (Å²) in [5.41, 5.74) is 1.88. The second kappa shape index (κ2) is 7.78. The number of amides is 1. The number of piperidine rings is 1. The van der Waals surface area contributed by atoms with Gasteiger partial charge in [0, 0.05) is 19.2 Å². The number of benzene rings is 2. The summed E-state index contributed by atoms with van der Waals surface area (Å²) in [4.78, 5) is 37.4. The molecule has 3 aromatic rings. The van der Waals surface area contributed by atoms with Gasteiger partial charge in [-0.25, -0.2) is 4.79 Å². The van der Waals surface area contributed by atoms with Gasteiger partial charge in [0.2, 0.25) is 5.91 Å². The van der Waals surface area contributed by atoms with Gasteiger partial charge in [0.1, 0.15) is 6.54 Å². The van der Waals surface area contributed by atoms with Crippen molar-refractivity contribution in [1.82, 2.24) is 4.57 Å². The normalized spacial score (nSPS) is 14.1. The van der Waals surface area contributed by atoms with Crippen molar-refractivity contribution in [3.63, 3.8) is 0 Å². The van der Waals surface area contributed by atoms with Crippen LogP contribution in [-0.2, 0) is 11.3 Å². The monoisotopic (exact) mass is 396 g/mol. The molecule has 0 spiro atoms. The van der Waals surface area contributed by atoms with Gasteiger partial charge < -0.3 is 14.6 Å². The summed E-state index contributed by atoms with van der Waals surface area (Å²) in [6.45, 7) is 1.63. The third-order valence-corrected chi connectivity index (χ3v) is 5.04. The zero-order valence-corrected chi connectivity index (χ0v) is 15.7. The molecule has 0 radical (unpaired) electrons. The largest absolute Gasteiger partial charge is 0.420 e. The maximum atomic E-state index is 12.6. The first-order valence-corrected chi connectivity index (χ1v) is 9.44. The van der Waals surface area contributed by atoms with Gasteiger partial charge in [0.05, 0.1) is 27.9 Å². The molecule has 0 saturated carbocycles. The molecule has 1 N–H and O–H groups in total. The first kappa shape index (κ1) is 18.7. The van der Waals surface area contributed by atoms with E-state index >= 15 is 0 Å². The van der Waals surface area contributed by atoms with E-state index in [9.17, 15) is 19.7 Å². The molecule has 9 heteroatoms. The summed E-state index contributed by atoms with van der Waals surface area (Å²) in [7, 11) is 0. The van der Waals surface area contributed by atoms with Crippen molar-refractivity contribution in [2.75, 3.05) is 23.3 Å². The molecular weight excluding hydrogens is 376 g/mol. The number of non-ortho nitro benzene ring substituents is 1. The topological polar surface area (TPSA) is 111 Å². The van der Waals surface area contributed by atoms with E-state index in [2.05, 4.69) is 10.2 Å². The summed E-state index contributed by atoms with van der Waals surface area (Å²) in [6.07, 6.45) is 3.44. The third-order valence-electron chi connectivity index (χ3n) is 5.04. The Hall–Kier alpha value is -3.62. The van der Waals surface area contributed by atoms with Crippen LogP contribution in [-0.4, -0.2) is 28.5 Å². The van der Waals surface area contributed by atoms with E-state index in [1.807, 2.05) is 24.3 Å². The molecule has 4 rings (SSSR count). The van der Waals surface area contributed by atoms with Gasteiger partial charge in [-0.15, -0.1) is 0 Å². The summed E-state index contributed by atoms with van der Waals surface area (Å²) in [5, 5.41) is 13.8. The second-order valence-corrected chi connectivity index (χ2v) is 6.98. The van der Waals surface area contributed by atoms with Gasteiger partial charge in [-0.05, 0) is 37.5 Å². The van der Waals surface area contributed by atoms with Crippen LogP contribution in [0.1, 0.15) is 19.3 Å². The number of fused-ring (bicyclic) bond motifs is 1. The number of carbonyl (C=O) groups excluding carboxylic acids is 1. The Labute approximate surface area is 165 Å². The molecule has 1 saturated heterocycles. The molecule has 0 unspecified atom stereocenters. The predicted octanol–water partition coefficient (Wildman–Crippen LogP) is 3.13. The van der Waals surface area contributed by atoms with Crippen LogP contribution in [0.4, 0.5) is 17.1 Å². The lowest BCUT2D eigenvalue weighted by Gasteiger charge is -2.30. The number of nitro benzene ring substituents is 1. The summed E-state index contributed by atoms with van der Waals surface area (Å²) in [5.74, 6) is -1.11. The molecule has 0 bridgehead atoms. The van der Waals surface area contributed by atoms with Crippen molar-refractivity contribution >= 4 is 34.1 Å². The molecule has 0 atom stereocenters. The molecule has 1 aliphatic heterocycles. The Bertz CT molecular complexity index is 1130. The molecule has 9 nitrogen and oxygen atoms in total. The summed E-state index contributed by atoms with van der Waals surface area (Å²) in [6, 6.07) is 11.4. The molecule has 29 heavy (non-hydrogen) atoms. The molecule has 1 fully saturated rings. The van der Waals surface area contributed by atoms with Crippen LogP contribution < -0.4 is 16.0 Å². The first-order valence-electron chi connectivity index (χ1n) is 9.44. The average Bonchev–Trinajstić information content (AvgIpc) is 3.03. The number of hydrogen-bond donors (Lipinski definition) is 1. The van der Waals surface area contributed by atoms with Gasteiger partial charge in [0.25, 0.3) is 5.69 Å². The van der Waals surface area contributed by atoms with Crippen LogP contribution in [0.5, 0.6) is 0 Å². The van der Waals surface area contributed by atoms with Crippen LogP contribution in [0, 0.1) is 10.1 Å². The molecule has 1 amide bonds. The fourth-order valence-corrected chi connectivity index (χ4v) is 3.64. The number of anilines is 2. The van der Waals surface area contributed by atoms with Crippen molar-refractivity contribution in [2.24, 2.45) is 0 Å². The molecule has 0 aliphatic carbocycles. The zero-order valence-electron chi connectivity index (χ0n) is 15.7. The van der Waals surface area contributed by atoms with Crippen LogP contribution in [0.2, 0.25) is 0 Å². The zero-order chi connectivity index (χ0) is 20.4. The van der Waals surface area contributed by atoms with E-state index < -0.39 is 10.7 Å². The van der Waals surface area contributed by atoms with Crippen molar-refractivity contribution in [3.05, 3.63) is 63.1 Å². The smallest absolute Gasteiger partial charge is 0.407 e. The van der Waals surface area contributed by atoms with Crippen molar-refractivity contribution < 1.29 is 14.1 Å². The minimum absolute atomic E-state index is 0.0747. The van der Waals surface area contributed by atoms with Crippen LogP contribution in [0.3, 0.4) is 0 Å². The second-order valence-electron chi connectivity index (χ2n) is 6.98. The molecule has 2 aromatic carbocycles. The lowest BCUT2D eigenvalue weighted by Crippen LogP contribution is -2.31. The lowest BCUT2D eigenvalue weighted by molar-refractivity contribution is -0.384. The van der Waals surface area contributed by atoms with Crippen LogP contribution in [0.15, 0.2) is 51.7 Å². The fraction of sp³-hybridized carbons (Fsp3) is 0.300. The molecule has 1 aliphatic rings. The van der Waals surface area contributed by atoms with Gasteiger partial charge in [-0.1, -0.05) is 12.1 Å². The number of nitrogens with zero attached hydrogens (tertiary/aromatic N) is 3. The lowest BCUT2D eigenvalue weighted by atomic mass is 10.1. The summed E-state index contributed by atoms with van der Waals surface area (Å²) >= 11 is 0. The van der Waals surface area contributed by atoms with Crippen LogP contribution >= 0.6 is 0 Å². The number of hydrogen-bond acceptors (Lipinski definition) is 6. The van der Waals surface area contributed by atoms with Gasteiger partial charge >= 0.3 is 5.76 Å². The average molecular weight is 396 g/mol. The number of nitro groups is 1. The number of aromatic nitrogens is 1. The fourth-order valence-electron chi connectivity index (χ4n) is 3.64. The Morgan fingerprint density at radius 2 is 1.90 bits per heavy atom. The standard InChI is InChI=1S/C20H20N4O5/c25-19(21-15-6-2-3-7-16(15)22-10-4-1-5-11-22)13-23-17-9-8-14(24(27)28)12-18(17)29-20(23)26/h2-3,6-9,12H,1,4-5,10-11,13H2,(H,21,25). The molecule has 2 heterocycles. The Morgan fingerprint density at radius 3 is 2.66 bits per heavy atom. The van der Waals surface area contributed by atoms with Gasteiger partial charge in [0.15, 0.2) is 5.58 Å². The van der Waals surface area contributed by atoms with Crippen LogP contribution in [0.25, 0.3) is 11.1 Å². The van der Waals surface area contributed by atoms with E-state index in [-0.39, 0.29) is 23.7 Å². The highest BCUT2D eigenvalue weighted by molar-refractivity contribution is 5.95. The highest BCUT2D eigenvalue weighted by Crippen LogP contribution is 2.28. The number of carbonyl (C=O) groups is 1. The van der Waals surface area contributed by atoms with Crippen molar-refractivity contribution in [1.29, 1.82) is 0 Å². The SMILES string of the molecule is O=C(Cn1c(=O)oc2cc([N+](=O)[O-])ccc21)Nc1ccccc1N1CCCCC1. The first-order chi connectivity index (χ1) is 14.0. The maximum absolute atomic E-state index is 12.6. The van der Waals surface area contributed by atoms with E-state index in [4.69, 9.17) is 4.42 Å². The Balaban J connectivity index is 1.56. The number of nitrogens with one attached hydrogen (secondary N) is 1. The highest BCUT2D eigenvalue weighted by atomic mass is 16.6. The van der Waals surface area contributed by atoms with E-state index in [1.165, 1.54) is 24.6 Å². The van der Waals surface area contributed by atoms with Crippen molar-refractivity contribution in [2.45, 2.75) is 25.8 Å². The summed E-state index contributed by atoms with van der Waals surface area (Å²) < 4.78 is 6.24. The molecular formula is C20H20N4O5. The highest BCUT2D eigenvalue weighted by Gasteiger charge is 2.18.